The fourth-order valence-electron chi connectivity index (χ4n) is 4.19. The van der Waals surface area contributed by atoms with E-state index in [4.69, 9.17) is 15.2 Å². The van der Waals surface area contributed by atoms with Gasteiger partial charge in [-0.15, -0.1) is 0 Å². The molecule has 1 aromatic carbocycles. The van der Waals surface area contributed by atoms with Crippen molar-refractivity contribution in [1.82, 2.24) is 4.90 Å². The van der Waals surface area contributed by atoms with Crippen LogP contribution in [-0.4, -0.2) is 36.6 Å². The molecule has 1 aliphatic carbocycles. The molecule has 4 rings (SSSR count). The first-order chi connectivity index (χ1) is 11.2. The summed E-state index contributed by atoms with van der Waals surface area (Å²) in [6.45, 7) is 1.99. The Kier molecular flexibility index (Phi) is 3.89. The number of benzene rings is 1. The summed E-state index contributed by atoms with van der Waals surface area (Å²) in [6, 6.07) is 6.30. The van der Waals surface area contributed by atoms with Crippen LogP contribution < -0.4 is 15.2 Å². The number of carbonyl (C=O) groups is 1. The van der Waals surface area contributed by atoms with Crippen molar-refractivity contribution >= 4 is 5.91 Å². The Morgan fingerprint density at radius 1 is 1.17 bits per heavy atom. The van der Waals surface area contributed by atoms with E-state index in [-0.39, 0.29) is 23.9 Å². The van der Waals surface area contributed by atoms with Gasteiger partial charge < -0.3 is 20.1 Å². The summed E-state index contributed by atoms with van der Waals surface area (Å²) in [5.41, 5.74) is 7.08. The number of hydrogen-bond donors (Lipinski definition) is 1. The third kappa shape index (κ3) is 2.67. The molecule has 1 amide bonds. The van der Waals surface area contributed by atoms with Crippen molar-refractivity contribution in [3.63, 3.8) is 0 Å². The molecule has 2 heterocycles. The summed E-state index contributed by atoms with van der Waals surface area (Å²) in [4.78, 5) is 15.0. The van der Waals surface area contributed by atoms with Crippen LogP contribution in [0.5, 0.6) is 11.5 Å². The molecule has 1 saturated carbocycles. The number of para-hydroxylation sites is 1. The number of nitrogens with zero attached hydrogens (tertiary/aromatic N) is 1. The summed E-state index contributed by atoms with van der Waals surface area (Å²) >= 11 is 0. The fourth-order valence-corrected chi connectivity index (χ4v) is 4.19. The van der Waals surface area contributed by atoms with E-state index >= 15 is 0 Å². The maximum absolute atomic E-state index is 12.9. The molecular weight excluding hydrogens is 292 g/mol. The summed E-state index contributed by atoms with van der Waals surface area (Å²) in [7, 11) is 0. The number of carbonyl (C=O) groups excluding carboxylic acids is 1. The molecule has 5 nitrogen and oxygen atoms in total. The second-order valence-electron chi connectivity index (χ2n) is 6.83. The lowest BCUT2D eigenvalue weighted by Gasteiger charge is -2.30. The highest BCUT2D eigenvalue weighted by Gasteiger charge is 2.38. The SMILES string of the molecule is NC1CCC(C(=O)N2CCCC2c2cccc3c2OCCO3)C1. The van der Waals surface area contributed by atoms with Gasteiger partial charge in [0.25, 0.3) is 0 Å². The fraction of sp³-hybridized carbons (Fsp3) is 0.611. The number of fused-ring (bicyclic) bond motifs is 1. The zero-order valence-electron chi connectivity index (χ0n) is 13.4. The van der Waals surface area contributed by atoms with Gasteiger partial charge in [0.1, 0.15) is 13.2 Å². The minimum Gasteiger partial charge on any atom is -0.486 e. The van der Waals surface area contributed by atoms with Crippen molar-refractivity contribution in [2.24, 2.45) is 11.7 Å². The molecular formula is C18H24N2O3. The van der Waals surface area contributed by atoms with Gasteiger partial charge in [0.2, 0.25) is 5.91 Å². The highest BCUT2D eigenvalue weighted by Crippen LogP contribution is 2.43. The third-order valence-electron chi connectivity index (χ3n) is 5.31. The molecule has 5 heteroatoms. The van der Waals surface area contributed by atoms with Crippen LogP contribution in [0.1, 0.15) is 43.7 Å². The van der Waals surface area contributed by atoms with Gasteiger partial charge >= 0.3 is 0 Å². The monoisotopic (exact) mass is 316 g/mol. The Labute approximate surface area is 136 Å². The maximum Gasteiger partial charge on any atom is 0.226 e. The van der Waals surface area contributed by atoms with Crippen molar-refractivity contribution in [3.05, 3.63) is 23.8 Å². The van der Waals surface area contributed by atoms with Crippen molar-refractivity contribution in [2.75, 3.05) is 19.8 Å². The second kappa shape index (κ2) is 6.04. The topological polar surface area (TPSA) is 64.8 Å². The van der Waals surface area contributed by atoms with Crippen LogP contribution >= 0.6 is 0 Å². The summed E-state index contributed by atoms with van der Waals surface area (Å²) in [5.74, 6) is 2.00. The van der Waals surface area contributed by atoms with Gasteiger partial charge in [-0.05, 0) is 38.2 Å². The van der Waals surface area contributed by atoms with E-state index in [0.717, 1.165) is 55.7 Å². The molecule has 1 aromatic rings. The Hall–Kier alpha value is -1.75. The zero-order valence-corrected chi connectivity index (χ0v) is 13.4. The first kappa shape index (κ1) is 14.8. The van der Waals surface area contributed by atoms with Crippen LogP contribution in [-0.2, 0) is 4.79 Å². The summed E-state index contributed by atoms with van der Waals surface area (Å²) in [5, 5.41) is 0. The van der Waals surface area contributed by atoms with E-state index in [9.17, 15) is 4.79 Å². The van der Waals surface area contributed by atoms with Gasteiger partial charge in [-0.1, -0.05) is 12.1 Å². The van der Waals surface area contributed by atoms with Crippen molar-refractivity contribution in [2.45, 2.75) is 44.2 Å². The van der Waals surface area contributed by atoms with E-state index in [0.29, 0.717) is 13.2 Å². The summed E-state index contributed by atoms with van der Waals surface area (Å²) in [6.07, 6.45) is 4.75. The Morgan fingerprint density at radius 2 is 2.04 bits per heavy atom. The lowest BCUT2D eigenvalue weighted by atomic mass is 10.00. The van der Waals surface area contributed by atoms with Gasteiger partial charge in [-0.25, -0.2) is 0 Å². The molecule has 23 heavy (non-hydrogen) atoms. The van der Waals surface area contributed by atoms with Crippen LogP contribution in [0.3, 0.4) is 0 Å². The number of nitrogens with two attached hydrogens (primary N) is 1. The molecule has 124 valence electrons. The van der Waals surface area contributed by atoms with Gasteiger partial charge in [0.15, 0.2) is 11.5 Å². The zero-order chi connectivity index (χ0) is 15.8. The van der Waals surface area contributed by atoms with Gasteiger partial charge in [0, 0.05) is 24.1 Å². The Morgan fingerprint density at radius 3 is 2.87 bits per heavy atom. The lowest BCUT2D eigenvalue weighted by molar-refractivity contribution is -0.136. The van der Waals surface area contributed by atoms with Crippen molar-refractivity contribution < 1.29 is 14.3 Å². The predicted octanol–water partition coefficient (Wildman–Crippen LogP) is 2.25. The minimum absolute atomic E-state index is 0.0994. The molecule has 0 radical (unpaired) electrons. The second-order valence-corrected chi connectivity index (χ2v) is 6.83. The van der Waals surface area contributed by atoms with E-state index in [1.807, 2.05) is 12.1 Å². The lowest BCUT2D eigenvalue weighted by Crippen LogP contribution is -2.35. The van der Waals surface area contributed by atoms with Crippen LogP contribution in [0.2, 0.25) is 0 Å². The number of amides is 1. The number of likely N-dealkylation sites (tertiary alicyclic amines) is 1. The van der Waals surface area contributed by atoms with E-state index in [2.05, 4.69) is 11.0 Å². The predicted molar refractivity (Wildman–Crippen MR) is 86.4 cm³/mol. The molecule has 0 bridgehead atoms. The highest BCUT2D eigenvalue weighted by molar-refractivity contribution is 5.80. The first-order valence-electron chi connectivity index (χ1n) is 8.68. The molecule has 1 saturated heterocycles. The quantitative estimate of drug-likeness (QED) is 0.909. The van der Waals surface area contributed by atoms with E-state index in [1.165, 1.54) is 0 Å². The van der Waals surface area contributed by atoms with Crippen LogP contribution in [0.4, 0.5) is 0 Å². The molecule has 3 unspecified atom stereocenters. The molecule has 3 atom stereocenters. The molecule has 2 N–H and O–H groups in total. The maximum atomic E-state index is 12.9. The van der Waals surface area contributed by atoms with E-state index in [1.54, 1.807) is 0 Å². The number of hydrogen-bond acceptors (Lipinski definition) is 4. The molecule has 0 aromatic heterocycles. The van der Waals surface area contributed by atoms with Crippen molar-refractivity contribution in [1.29, 1.82) is 0 Å². The largest absolute Gasteiger partial charge is 0.486 e. The standard InChI is InChI=1S/C18H24N2O3/c19-13-7-6-12(11-13)18(21)20-8-2-4-15(20)14-3-1-5-16-17(14)23-10-9-22-16/h1,3,5,12-13,15H,2,4,6-11,19H2. The van der Waals surface area contributed by atoms with Crippen LogP contribution in [0.15, 0.2) is 18.2 Å². The number of ether oxygens (including phenoxy) is 2. The minimum atomic E-state index is 0.0994. The smallest absolute Gasteiger partial charge is 0.226 e. The molecule has 2 aliphatic heterocycles. The molecule has 3 aliphatic rings. The van der Waals surface area contributed by atoms with E-state index < -0.39 is 0 Å². The average Bonchev–Trinajstić information content (AvgIpc) is 3.22. The Balaban J connectivity index is 1.60. The van der Waals surface area contributed by atoms with Gasteiger partial charge in [0.05, 0.1) is 6.04 Å². The van der Waals surface area contributed by atoms with Crippen LogP contribution in [0.25, 0.3) is 0 Å². The number of rotatable bonds is 2. The van der Waals surface area contributed by atoms with Crippen LogP contribution in [0, 0.1) is 5.92 Å². The van der Waals surface area contributed by atoms with Crippen molar-refractivity contribution in [3.8, 4) is 11.5 Å². The van der Waals surface area contributed by atoms with Gasteiger partial charge in [-0.2, -0.15) is 0 Å². The van der Waals surface area contributed by atoms with Gasteiger partial charge in [-0.3, -0.25) is 4.79 Å². The highest BCUT2D eigenvalue weighted by atomic mass is 16.6. The summed E-state index contributed by atoms with van der Waals surface area (Å²) < 4.78 is 11.5. The Bertz CT molecular complexity index is 604. The normalized spacial score (nSPS) is 29.8. The first-order valence-corrected chi connectivity index (χ1v) is 8.68. The molecule has 2 fully saturated rings. The molecule has 0 spiro atoms. The average molecular weight is 316 g/mol. The third-order valence-corrected chi connectivity index (χ3v) is 5.31.